The molecule has 0 spiro atoms. The predicted molar refractivity (Wildman–Crippen MR) is 151 cm³/mol. The molecule has 7 heteroatoms. The summed E-state index contributed by atoms with van der Waals surface area (Å²) in [5.74, 6) is 0.646. The smallest absolute Gasteiger partial charge is 0.267 e. The minimum absolute atomic E-state index is 0.0436. The second kappa shape index (κ2) is 13.3. The first-order valence-corrected chi connectivity index (χ1v) is 14.0. The predicted octanol–water partition coefficient (Wildman–Crippen LogP) is 5.81. The molecular weight excluding hydrogens is 478 g/mol. The molecule has 1 amide bonds. The molecule has 0 bridgehead atoms. The van der Waals surface area contributed by atoms with Crippen LogP contribution in [0.1, 0.15) is 81.6 Å². The van der Waals surface area contributed by atoms with Crippen LogP contribution in [0.5, 0.6) is 5.75 Å². The molecule has 38 heavy (non-hydrogen) atoms. The van der Waals surface area contributed by atoms with Crippen LogP contribution < -0.4 is 10.1 Å². The number of rotatable bonds is 13. The van der Waals surface area contributed by atoms with Gasteiger partial charge in [-0.3, -0.25) is 9.69 Å². The molecule has 1 aromatic heterocycles. The van der Waals surface area contributed by atoms with Gasteiger partial charge in [0.15, 0.2) is 0 Å². The number of benzene rings is 2. The Morgan fingerprint density at radius 1 is 1.05 bits per heavy atom. The Morgan fingerprint density at radius 3 is 2.53 bits per heavy atom. The summed E-state index contributed by atoms with van der Waals surface area (Å²) in [6.07, 6.45) is 6.06. The van der Waals surface area contributed by atoms with Crippen molar-refractivity contribution in [3.63, 3.8) is 0 Å². The summed E-state index contributed by atoms with van der Waals surface area (Å²) in [4.78, 5) is 18.4. The van der Waals surface area contributed by atoms with Crippen molar-refractivity contribution in [3.8, 4) is 5.75 Å². The summed E-state index contributed by atoms with van der Waals surface area (Å²) in [5, 5.41) is 12.8. The van der Waals surface area contributed by atoms with E-state index in [4.69, 9.17) is 14.6 Å². The molecule has 3 N–H and O–H groups in total. The molecule has 0 saturated carbocycles. The lowest BCUT2D eigenvalue weighted by Crippen LogP contribution is -2.42. The van der Waals surface area contributed by atoms with Gasteiger partial charge in [-0.25, -0.2) is 0 Å². The normalized spacial score (nSPS) is 18.2. The van der Waals surface area contributed by atoms with Crippen LogP contribution in [0.25, 0.3) is 10.9 Å². The zero-order valence-electron chi connectivity index (χ0n) is 23.0. The van der Waals surface area contributed by atoms with Gasteiger partial charge in [-0.2, -0.15) is 0 Å². The van der Waals surface area contributed by atoms with Crippen LogP contribution in [0.4, 0.5) is 0 Å². The van der Waals surface area contributed by atoms with Crippen LogP contribution in [-0.2, 0) is 4.74 Å². The first-order valence-electron chi connectivity index (χ1n) is 14.0. The van der Waals surface area contributed by atoms with Crippen LogP contribution >= 0.6 is 0 Å². The van der Waals surface area contributed by atoms with Gasteiger partial charge >= 0.3 is 0 Å². The Morgan fingerprint density at radius 2 is 1.79 bits per heavy atom. The SMILES string of the molecule is CC(C)(C)N1CC(COc2cccc3[nH]c(C(=O)NCCCCCCCCO)cc23)OC1c1ccccc1. The molecule has 4 rings (SSSR count). The number of aromatic amines is 1. The second-order valence-electron chi connectivity index (χ2n) is 11.2. The van der Waals surface area contributed by atoms with E-state index in [-0.39, 0.29) is 30.4 Å². The van der Waals surface area contributed by atoms with E-state index in [1.807, 2.05) is 42.5 Å². The van der Waals surface area contributed by atoms with Crippen molar-refractivity contribution in [2.75, 3.05) is 26.3 Å². The number of aliphatic hydroxyl groups is 1. The van der Waals surface area contributed by atoms with Gasteiger partial charge in [0.25, 0.3) is 5.91 Å². The number of amides is 1. The van der Waals surface area contributed by atoms with Crippen LogP contribution in [-0.4, -0.2) is 58.8 Å². The number of fused-ring (bicyclic) bond motifs is 1. The summed E-state index contributed by atoms with van der Waals surface area (Å²) in [7, 11) is 0. The third kappa shape index (κ3) is 7.37. The zero-order chi connectivity index (χ0) is 27.0. The number of unbranched alkanes of at least 4 members (excludes halogenated alkanes) is 5. The van der Waals surface area contributed by atoms with Crippen molar-refractivity contribution in [3.05, 3.63) is 65.9 Å². The van der Waals surface area contributed by atoms with E-state index in [0.717, 1.165) is 67.3 Å². The lowest BCUT2D eigenvalue weighted by atomic mass is 10.0. The van der Waals surface area contributed by atoms with Crippen molar-refractivity contribution in [2.45, 2.75) is 77.2 Å². The van der Waals surface area contributed by atoms with Gasteiger partial charge in [0.2, 0.25) is 0 Å². The minimum atomic E-state index is -0.108. The van der Waals surface area contributed by atoms with Crippen molar-refractivity contribution < 1.29 is 19.4 Å². The van der Waals surface area contributed by atoms with Gasteiger partial charge in [-0.05, 0) is 57.4 Å². The first kappa shape index (κ1) is 28.1. The fraction of sp³-hybridized carbons (Fsp3) is 0.516. The number of ether oxygens (including phenoxy) is 2. The molecule has 206 valence electrons. The van der Waals surface area contributed by atoms with E-state index in [2.05, 4.69) is 48.1 Å². The summed E-state index contributed by atoms with van der Waals surface area (Å²) in [6, 6.07) is 18.1. The van der Waals surface area contributed by atoms with Crippen molar-refractivity contribution >= 4 is 16.8 Å². The molecule has 1 fully saturated rings. The number of aliphatic hydroxyl groups excluding tert-OH is 1. The molecule has 7 nitrogen and oxygen atoms in total. The molecule has 2 atom stereocenters. The lowest BCUT2D eigenvalue weighted by Gasteiger charge is -2.35. The van der Waals surface area contributed by atoms with E-state index in [9.17, 15) is 4.79 Å². The molecular formula is C31H43N3O4. The van der Waals surface area contributed by atoms with Crippen LogP contribution in [0.2, 0.25) is 0 Å². The van der Waals surface area contributed by atoms with Gasteiger partial charge in [0, 0.05) is 36.1 Å². The van der Waals surface area contributed by atoms with Gasteiger partial charge in [0.05, 0.1) is 0 Å². The molecule has 2 heterocycles. The molecule has 1 aliphatic rings. The summed E-state index contributed by atoms with van der Waals surface area (Å²) >= 11 is 0. The average molecular weight is 522 g/mol. The fourth-order valence-electron chi connectivity index (χ4n) is 5.01. The fourth-order valence-corrected chi connectivity index (χ4v) is 5.01. The Labute approximate surface area is 226 Å². The maximum absolute atomic E-state index is 12.7. The highest BCUT2D eigenvalue weighted by molar-refractivity contribution is 5.99. The maximum Gasteiger partial charge on any atom is 0.267 e. The zero-order valence-corrected chi connectivity index (χ0v) is 23.0. The number of hydrogen-bond acceptors (Lipinski definition) is 5. The number of nitrogens with zero attached hydrogens (tertiary/aromatic N) is 1. The highest BCUT2D eigenvalue weighted by atomic mass is 16.6. The third-order valence-corrected chi connectivity index (χ3v) is 7.12. The van der Waals surface area contributed by atoms with Crippen LogP contribution in [0.3, 0.4) is 0 Å². The number of hydrogen-bond donors (Lipinski definition) is 3. The maximum atomic E-state index is 12.7. The Hall–Kier alpha value is -2.87. The number of carbonyl (C=O) groups excluding carboxylic acids is 1. The molecule has 0 radical (unpaired) electrons. The van der Waals surface area contributed by atoms with Crippen molar-refractivity contribution in [1.82, 2.24) is 15.2 Å². The Balaban J connectivity index is 1.33. The monoisotopic (exact) mass is 521 g/mol. The summed E-state index contributed by atoms with van der Waals surface area (Å²) in [6.45, 7) is 8.77. The molecule has 0 aliphatic carbocycles. The van der Waals surface area contributed by atoms with Gasteiger partial charge < -0.3 is 24.9 Å². The first-order chi connectivity index (χ1) is 18.4. The largest absolute Gasteiger partial charge is 0.490 e. The number of carbonyl (C=O) groups is 1. The van der Waals surface area contributed by atoms with E-state index in [1.165, 1.54) is 0 Å². The second-order valence-corrected chi connectivity index (χ2v) is 11.2. The van der Waals surface area contributed by atoms with E-state index in [1.54, 1.807) is 0 Å². The minimum Gasteiger partial charge on any atom is -0.490 e. The standard InChI is InChI=1S/C31H43N3O4/c1-31(2,3)34-21-24(38-30(34)23-14-9-8-10-15-23)22-37-28-17-13-16-26-25(28)20-27(33-26)29(36)32-18-11-6-4-5-7-12-19-35/h8-10,13-17,20,24,30,33,35H,4-7,11-12,18-19,21-22H2,1-3H3,(H,32,36). The van der Waals surface area contributed by atoms with Crippen LogP contribution in [0, 0.1) is 0 Å². The van der Waals surface area contributed by atoms with Gasteiger partial charge in [0.1, 0.15) is 30.4 Å². The van der Waals surface area contributed by atoms with Crippen molar-refractivity contribution in [2.24, 2.45) is 0 Å². The topological polar surface area (TPSA) is 86.8 Å². The molecule has 3 aromatic rings. The Bertz CT molecular complexity index is 1150. The molecule has 2 unspecified atom stereocenters. The number of aromatic nitrogens is 1. The molecule has 2 aromatic carbocycles. The van der Waals surface area contributed by atoms with Crippen molar-refractivity contribution in [1.29, 1.82) is 0 Å². The molecule has 1 aliphatic heterocycles. The highest BCUT2D eigenvalue weighted by Gasteiger charge is 2.40. The highest BCUT2D eigenvalue weighted by Crippen LogP contribution is 2.36. The van der Waals surface area contributed by atoms with Crippen LogP contribution in [0.15, 0.2) is 54.6 Å². The summed E-state index contributed by atoms with van der Waals surface area (Å²) in [5.41, 5.74) is 2.52. The third-order valence-electron chi connectivity index (χ3n) is 7.12. The number of H-pyrrole nitrogens is 1. The van der Waals surface area contributed by atoms with E-state index >= 15 is 0 Å². The van der Waals surface area contributed by atoms with Gasteiger partial charge in [-0.15, -0.1) is 0 Å². The quantitative estimate of drug-likeness (QED) is 0.247. The summed E-state index contributed by atoms with van der Waals surface area (Å²) < 4.78 is 12.7. The molecule has 1 saturated heterocycles. The van der Waals surface area contributed by atoms with E-state index < -0.39 is 0 Å². The van der Waals surface area contributed by atoms with E-state index in [0.29, 0.717) is 18.8 Å². The number of nitrogens with one attached hydrogen (secondary N) is 2. The lowest BCUT2D eigenvalue weighted by molar-refractivity contribution is -0.0397. The average Bonchev–Trinajstić information content (AvgIpc) is 3.55. The van der Waals surface area contributed by atoms with Gasteiger partial charge in [-0.1, -0.05) is 62.1 Å². The Kier molecular flexibility index (Phi) is 9.83.